The van der Waals surface area contributed by atoms with E-state index in [4.69, 9.17) is 29.9 Å². The molecule has 9 heteroatoms. The fourth-order valence-electron chi connectivity index (χ4n) is 2.39. The van der Waals surface area contributed by atoms with Gasteiger partial charge in [0.25, 0.3) is 0 Å². The first-order valence-corrected chi connectivity index (χ1v) is 9.02. The van der Waals surface area contributed by atoms with E-state index in [0.717, 1.165) is 18.0 Å². The number of rotatable bonds is 9. The third-order valence-corrected chi connectivity index (χ3v) is 4.17. The number of carboxylic acids is 2. The fourth-order valence-corrected chi connectivity index (χ4v) is 2.39. The lowest BCUT2D eigenvalue weighted by Gasteiger charge is -2.15. The number of hydrogen-bond donors (Lipinski definition) is 5. The van der Waals surface area contributed by atoms with Crippen LogP contribution in [0.2, 0.25) is 0 Å². The van der Waals surface area contributed by atoms with Gasteiger partial charge in [-0.05, 0) is 30.2 Å². The van der Waals surface area contributed by atoms with E-state index in [-0.39, 0.29) is 0 Å². The van der Waals surface area contributed by atoms with Gasteiger partial charge in [0.05, 0.1) is 14.2 Å². The SMILES string of the molecule is COc1ccc(CN[C@H](C)c2ccccc2)cc1OC.O=C(O)C(O)C(O)C(=O)O. The maximum absolute atomic E-state index is 9.77. The molecule has 0 bridgehead atoms. The van der Waals surface area contributed by atoms with Crippen LogP contribution in [0, 0.1) is 0 Å². The van der Waals surface area contributed by atoms with Gasteiger partial charge in [-0.3, -0.25) is 0 Å². The quantitative estimate of drug-likeness (QED) is 0.406. The normalized spacial score (nSPS) is 13.2. The molecule has 3 atom stereocenters. The topological polar surface area (TPSA) is 146 Å². The highest BCUT2D eigenvalue weighted by Gasteiger charge is 2.29. The van der Waals surface area contributed by atoms with Crippen molar-refractivity contribution < 1.29 is 39.5 Å². The molecule has 0 aliphatic carbocycles. The standard InChI is InChI=1S/C17H21NO2.C4H6O6/c1-13(15-7-5-4-6-8-15)18-12-14-9-10-16(19-2)17(11-14)20-3;5-1(3(7)8)2(6)4(9)10/h4-11,13,18H,12H2,1-3H3;1-2,5-6H,(H,7,8)(H,9,10)/t13-;/m1./s1. The molecule has 0 radical (unpaired) electrons. The van der Waals surface area contributed by atoms with Gasteiger partial charge in [-0.2, -0.15) is 0 Å². The Kier molecular flexibility index (Phi) is 10.3. The molecule has 5 N–H and O–H groups in total. The Morgan fingerprint density at radius 3 is 1.90 bits per heavy atom. The summed E-state index contributed by atoms with van der Waals surface area (Å²) in [5.41, 5.74) is 2.46. The number of ether oxygens (including phenoxy) is 2. The molecule has 0 fully saturated rings. The fraction of sp³-hybridized carbons (Fsp3) is 0.333. The van der Waals surface area contributed by atoms with Crippen molar-refractivity contribution >= 4 is 11.9 Å². The summed E-state index contributed by atoms with van der Waals surface area (Å²) in [5.74, 6) is -2.02. The van der Waals surface area contributed by atoms with E-state index < -0.39 is 24.1 Å². The summed E-state index contributed by atoms with van der Waals surface area (Å²) in [6.45, 7) is 2.95. The van der Waals surface area contributed by atoms with Crippen molar-refractivity contribution in [2.24, 2.45) is 0 Å². The van der Waals surface area contributed by atoms with Crippen LogP contribution in [0.25, 0.3) is 0 Å². The first-order chi connectivity index (χ1) is 14.2. The second kappa shape index (κ2) is 12.4. The summed E-state index contributed by atoms with van der Waals surface area (Å²) in [6, 6.07) is 16.7. The highest BCUT2D eigenvalue weighted by molar-refractivity contribution is 5.83. The van der Waals surface area contributed by atoms with Crippen LogP contribution in [0.4, 0.5) is 0 Å². The maximum atomic E-state index is 9.77. The van der Waals surface area contributed by atoms with E-state index in [1.165, 1.54) is 11.1 Å². The number of nitrogens with one attached hydrogen (secondary N) is 1. The maximum Gasteiger partial charge on any atom is 0.335 e. The van der Waals surface area contributed by atoms with Gasteiger partial charge in [-0.15, -0.1) is 0 Å². The molecule has 0 saturated heterocycles. The highest BCUT2D eigenvalue weighted by Crippen LogP contribution is 2.27. The Balaban J connectivity index is 0.000000382. The molecule has 164 valence electrons. The van der Waals surface area contributed by atoms with Crippen molar-refractivity contribution in [2.45, 2.75) is 31.7 Å². The van der Waals surface area contributed by atoms with Gasteiger partial charge in [0.2, 0.25) is 0 Å². The van der Waals surface area contributed by atoms with E-state index in [0.29, 0.717) is 6.04 Å². The number of aliphatic hydroxyl groups excluding tert-OH is 2. The van der Waals surface area contributed by atoms with Crippen molar-refractivity contribution in [3.8, 4) is 11.5 Å². The highest BCUT2D eigenvalue weighted by atomic mass is 16.5. The minimum atomic E-state index is -2.27. The zero-order valence-electron chi connectivity index (χ0n) is 17.0. The molecule has 2 unspecified atom stereocenters. The predicted octanol–water partition coefficient (Wildman–Crippen LogP) is 1.43. The number of hydrogen-bond acceptors (Lipinski definition) is 7. The van der Waals surface area contributed by atoms with Gasteiger partial charge in [-0.1, -0.05) is 36.4 Å². The van der Waals surface area contributed by atoms with Crippen molar-refractivity contribution in [1.82, 2.24) is 5.32 Å². The molecule has 0 amide bonds. The van der Waals surface area contributed by atoms with E-state index >= 15 is 0 Å². The number of carboxylic acid groups (broad SMARTS) is 2. The summed E-state index contributed by atoms with van der Waals surface area (Å²) in [4.78, 5) is 19.5. The van der Waals surface area contributed by atoms with Gasteiger partial charge in [0.15, 0.2) is 23.7 Å². The molecule has 0 aliphatic heterocycles. The lowest BCUT2D eigenvalue weighted by atomic mass is 10.1. The van der Waals surface area contributed by atoms with Gasteiger partial charge in [0.1, 0.15) is 0 Å². The van der Waals surface area contributed by atoms with Crippen LogP contribution in [0.5, 0.6) is 11.5 Å². The minimum absolute atomic E-state index is 0.310. The molecular weight excluding hydrogens is 394 g/mol. The van der Waals surface area contributed by atoms with Crippen LogP contribution in [0.3, 0.4) is 0 Å². The summed E-state index contributed by atoms with van der Waals surface area (Å²) >= 11 is 0. The van der Waals surface area contributed by atoms with Crippen molar-refractivity contribution in [2.75, 3.05) is 14.2 Å². The van der Waals surface area contributed by atoms with Gasteiger partial charge < -0.3 is 35.2 Å². The van der Waals surface area contributed by atoms with Crippen molar-refractivity contribution in [3.05, 3.63) is 59.7 Å². The van der Waals surface area contributed by atoms with Gasteiger partial charge in [-0.25, -0.2) is 9.59 Å². The van der Waals surface area contributed by atoms with E-state index in [1.807, 2.05) is 24.3 Å². The molecular formula is C21H27NO8. The van der Waals surface area contributed by atoms with Gasteiger partial charge >= 0.3 is 11.9 Å². The first kappa shape index (κ1) is 24.9. The third-order valence-electron chi connectivity index (χ3n) is 4.17. The number of aliphatic hydroxyl groups is 2. The van der Waals surface area contributed by atoms with Crippen LogP contribution in [0.15, 0.2) is 48.5 Å². The zero-order valence-corrected chi connectivity index (χ0v) is 17.0. The molecule has 2 aromatic rings. The largest absolute Gasteiger partial charge is 0.493 e. The second-order valence-corrected chi connectivity index (χ2v) is 6.27. The Hall–Kier alpha value is -3.14. The lowest BCUT2D eigenvalue weighted by molar-refractivity contribution is -0.165. The molecule has 0 saturated carbocycles. The van der Waals surface area contributed by atoms with Crippen LogP contribution in [0.1, 0.15) is 24.1 Å². The molecule has 2 rings (SSSR count). The Morgan fingerprint density at radius 2 is 1.43 bits per heavy atom. The molecule has 0 spiro atoms. The summed E-state index contributed by atoms with van der Waals surface area (Å²) in [5, 5.41) is 36.0. The second-order valence-electron chi connectivity index (χ2n) is 6.27. The third kappa shape index (κ3) is 7.70. The molecule has 0 aliphatic rings. The average Bonchev–Trinajstić information content (AvgIpc) is 2.76. The van der Waals surface area contributed by atoms with Crippen LogP contribution in [-0.2, 0) is 16.1 Å². The Morgan fingerprint density at radius 1 is 0.900 bits per heavy atom. The first-order valence-electron chi connectivity index (χ1n) is 9.02. The molecule has 0 heterocycles. The lowest BCUT2D eigenvalue weighted by Crippen LogP contribution is -2.39. The predicted molar refractivity (Wildman–Crippen MR) is 109 cm³/mol. The summed E-state index contributed by atoms with van der Waals surface area (Å²) in [6.07, 6.45) is -4.53. The van der Waals surface area contributed by atoms with E-state index in [2.05, 4.69) is 36.5 Å². The summed E-state index contributed by atoms with van der Waals surface area (Å²) in [7, 11) is 3.30. The molecule has 0 aromatic heterocycles. The molecule has 30 heavy (non-hydrogen) atoms. The van der Waals surface area contributed by atoms with E-state index in [9.17, 15) is 9.59 Å². The number of methoxy groups -OCH3 is 2. The van der Waals surface area contributed by atoms with Crippen molar-refractivity contribution in [3.63, 3.8) is 0 Å². The minimum Gasteiger partial charge on any atom is -0.493 e. The average molecular weight is 421 g/mol. The Bertz CT molecular complexity index is 794. The van der Waals surface area contributed by atoms with Crippen molar-refractivity contribution in [1.29, 1.82) is 0 Å². The van der Waals surface area contributed by atoms with E-state index in [1.54, 1.807) is 14.2 Å². The van der Waals surface area contributed by atoms with Gasteiger partial charge in [0, 0.05) is 12.6 Å². The number of benzene rings is 2. The van der Waals surface area contributed by atoms with Crippen LogP contribution >= 0.6 is 0 Å². The molecule has 9 nitrogen and oxygen atoms in total. The van der Waals surface area contributed by atoms with Crippen LogP contribution in [-0.4, -0.2) is 58.8 Å². The monoisotopic (exact) mass is 421 g/mol. The summed E-state index contributed by atoms with van der Waals surface area (Å²) < 4.78 is 10.6. The van der Waals surface area contributed by atoms with Crippen LogP contribution < -0.4 is 14.8 Å². The number of carbonyl (C=O) groups is 2. The Labute approximate surface area is 174 Å². The molecule has 2 aromatic carbocycles. The number of aliphatic carboxylic acids is 2. The zero-order chi connectivity index (χ0) is 22.7. The smallest absolute Gasteiger partial charge is 0.335 e.